The largest absolute Gasteiger partial charge is 0.426 e. The van der Waals surface area contributed by atoms with Gasteiger partial charge in [0, 0.05) is 12.5 Å². The van der Waals surface area contributed by atoms with Gasteiger partial charge in [0.2, 0.25) is 0 Å². The fourth-order valence-corrected chi connectivity index (χ4v) is 0.972. The van der Waals surface area contributed by atoms with Crippen molar-refractivity contribution in [3.8, 4) is 0 Å². The molecule has 72 valence electrons. The summed E-state index contributed by atoms with van der Waals surface area (Å²) >= 11 is 0. The van der Waals surface area contributed by atoms with Crippen LogP contribution in [0, 0.1) is 0 Å². The molecule has 0 atom stereocenters. The van der Waals surface area contributed by atoms with Crippen LogP contribution in [0.1, 0.15) is 19.4 Å². The molecule has 0 unspecified atom stereocenters. The molecule has 2 nitrogen and oxygen atoms in total. The Morgan fingerprint density at radius 3 is 2.50 bits per heavy atom. The maximum Gasteiger partial charge on any atom is 0.308 e. The van der Waals surface area contributed by atoms with Crippen LogP contribution in [0.2, 0.25) is 0 Å². The van der Waals surface area contributed by atoms with E-state index >= 15 is 0 Å². The summed E-state index contributed by atoms with van der Waals surface area (Å²) in [6.07, 6.45) is 1.28. The van der Waals surface area contributed by atoms with Gasteiger partial charge in [-0.1, -0.05) is 36.1 Å². The molecule has 0 bridgehead atoms. The number of benzene rings is 1. The molecule has 1 aromatic carbocycles. The van der Waals surface area contributed by atoms with E-state index in [2.05, 4.69) is 10.5 Å². The van der Waals surface area contributed by atoms with Crippen LogP contribution < -0.4 is 0 Å². The first-order chi connectivity index (χ1) is 6.70. The third-order valence-corrected chi connectivity index (χ3v) is 1.71. The van der Waals surface area contributed by atoms with Crippen molar-refractivity contribution in [2.24, 2.45) is 0 Å². The highest BCUT2D eigenvalue weighted by Crippen LogP contribution is 2.10. The van der Waals surface area contributed by atoms with E-state index in [9.17, 15) is 4.79 Å². The normalized spacial score (nSPS) is 8.71. The van der Waals surface area contributed by atoms with Gasteiger partial charge >= 0.3 is 5.97 Å². The number of hydrogen-bond acceptors (Lipinski definition) is 2. The number of rotatable bonds is 2. The molecule has 0 fully saturated rings. The summed E-state index contributed by atoms with van der Waals surface area (Å²) in [6.45, 7) is 3.27. The molecule has 0 heterocycles. The molecule has 14 heavy (non-hydrogen) atoms. The predicted molar refractivity (Wildman–Crippen MR) is 55.4 cm³/mol. The lowest BCUT2D eigenvalue weighted by Gasteiger charge is -1.95. The van der Waals surface area contributed by atoms with Crippen LogP contribution in [0.15, 0.2) is 42.3 Å². The van der Waals surface area contributed by atoms with Crippen LogP contribution in [0.3, 0.4) is 0 Å². The molecule has 1 rings (SSSR count). The fourth-order valence-electron chi connectivity index (χ4n) is 0.972. The predicted octanol–water partition coefficient (Wildman–Crippen LogP) is 2.77. The summed E-state index contributed by atoms with van der Waals surface area (Å²) in [7, 11) is 0. The Balaban J connectivity index is 2.80. The molecule has 0 amide bonds. The van der Waals surface area contributed by atoms with E-state index in [1.54, 1.807) is 0 Å². The first kappa shape index (κ1) is 10.3. The third kappa shape index (κ3) is 3.30. The summed E-state index contributed by atoms with van der Waals surface area (Å²) < 4.78 is 4.64. The second-order valence-corrected chi connectivity index (χ2v) is 2.86. The standard InChI is InChI=1S/C12H12O2/c1-10(8-9-14-11(2)13)12-6-4-3-5-7-12/h3-7,9H,1-2H3. The van der Waals surface area contributed by atoms with Crippen molar-refractivity contribution < 1.29 is 9.53 Å². The molecule has 0 spiro atoms. The molecular weight excluding hydrogens is 176 g/mol. The van der Waals surface area contributed by atoms with E-state index in [4.69, 9.17) is 0 Å². The Morgan fingerprint density at radius 2 is 1.93 bits per heavy atom. The quantitative estimate of drug-likeness (QED) is 0.405. The zero-order valence-electron chi connectivity index (χ0n) is 8.28. The van der Waals surface area contributed by atoms with Gasteiger partial charge in [0.25, 0.3) is 0 Å². The average molecular weight is 188 g/mol. The van der Waals surface area contributed by atoms with Crippen molar-refractivity contribution in [3.05, 3.63) is 47.9 Å². The van der Waals surface area contributed by atoms with Gasteiger partial charge < -0.3 is 4.74 Å². The lowest BCUT2D eigenvalue weighted by molar-refractivity contribution is -0.135. The van der Waals surface area contributed by atoms with E-state index in [-0.39, 0.29) is 5.97 Å². The van der Waals surface area contributed by atoms with Crippen LogP contribution in [0.25, 0.3) is 5.57 Å². The molecule has 0 saturated heterocycles. The van der Waals surface area contributed by atoms with Crippen LogP contribution in [0.5, 0.6) is 0 Å². The topological polar surface area (TPSA) is 26.3 Å². The second kappa shape index (κ2) is 5.05. The van der Waals surface area contributed by atoms with Gasteiger partial charge in [-0.3, -0.25) is 4.79 Å². The minimum Gasteiger partial charge on any atom is -0.426 e. The Bertz CT molecular complexity index is 371. The summed E-state index contributed by atoms with van der Waals surface area (Å²) in [5.41, 5.74) is 4.88. The maximum atomic E-state index is 10.5. The number of carbonyl (C=O) groups is 1. The first-order valence-corrected chi connectivity index (χ1v) is 4.34. The van der Waals surface area contributed by atoms with Crippen LogP contribution in [0.4, 0.5) is 0 Å². The van der Waals surface area contributed by atoms with Crippen molar-refractivity contribution in [2.75, 3.05) is 0 Å². The summed E-state index contributed by atoms with van der Waals surface area (Å²) in [5, 5.41) is 0. The van der Waals surface area contributed by atoms with Crippen molar-refractivity contribution >= 4 is 11.5 Å². The monoisotopic (exact) mass is 188 g/mol. The van der Waals surface area contributed by atoms with Gasteiger partial charge in [0.05, 0.1) is 0 Å². The summed E-state index contributed by atoms with van der Waals surface area (Å²) in [6, 6.07) is 9.80. The molecule has 0 aliphatic carbocycles. The summed E-state index contributed by atoms with van der Waals surface area (Å²) in [5.74, 6) is -0.335. The van der Waals surface area contributed by atoms with Crippen molar-refractivity contribution in [1.29, 1.82) is 0 Å². The van der Waals surface area contributed by atoms with Crippen molar-refractivity contribution in [2.45, 2.75) is 13.8 Å². The van der Waals surface area contributed by atoms with Gasteiger partial charge in [0.15, 0.2) is 0 Å². The zero-order chi connectivity index (χ0) is 10.4. The van der Waals surface area contributed by atoms with Gasteiger partial charge in [-0.15, -0.1) is 0 Å². The molecule has 0 aliphatic rings. The van der Waals surface area contributed by atoms with Crippen molar-refractivity contribution in [3.63, 3.8) is 0 Å². The van der Waals surface area contributed by atoms with E-state index < -0.39 is 0 Å². The molecule has 0 N–H and O–H groups in total. The maximum absolute atomic E-state index is 10.5. The summed E-state index contributed by atoms with van der Waals surface area (Å²) in [4.78, 5) is 10.5. The number of allylic oxidation sites excluding steroid dienone is 1. The zero-order valence-corrected chi connectivity index (χ0v) is 8.28. The SMILES string of the molecule is CC(=O)OC=C=C(C)c1ccccc1. The third-order valence-electron chi connectivity index (χ3n) is 1.71. The Kier molecular flexibility index (Phi) is 3.71. The molecule has 0 aliphatic heterocycles. The van der Waals surface area contributed by atoms with Crippen LogP contribution >= 0.6 is 0 Å². The highest BCUT2D eigenvalue weighted by atomic mass is 16.5. The smallest absolute Gasteiger partial charge is 0.308 e. The lowest BCUT2D eigenvalue weighted by atomic mass is 10.1. The molecule has 1 aromatic rings. The minimum absolute atomic E-state index is 0.335. The number of ether oxygens (including phenoxy) is 1. The van der Waals surface area contributed by atoms with Crippen LogP contribution in [-0.4, -0.2) is 5.97 Å². The molecule has 0 radical (unpaired) electrons. The Hall–Kier alpha value is -1.79. The highest BCUT2D eigenvalue weighted by Gasteiger charge is 1.91. The Labute approximate surface area is 83.5 Å². The molecule has 0 saturated carbocycles. The van der Waals surface area contributed by atoms with E-state index in [0.29, 0.717) is 0 Å². The minimum atomic E-state index is -0.335. The van der Waals surface area contributed by atoms with E-state index in [1.807, 2.05) is 37.3 Å². The van der Waals surface area contributed by atoms with Gasteiger partial charge in [-0.2, -0.15) is 0 Å². The van der Waals surface area contributed by atoms with Gasteiger partial charge in [-0.05, 0) is 12.5 Å². The highest BCUT2D eigenvalue weighted by molar-refractivity contribution is 5.67. The van der Waals surface area contributed by atoms with Gasteiger partial charge in [0.1, 0.15) is 6.26 Å². The van der Waals surface area contributed by atoms with E-state index in [1.165, 1.54) is 13.2 Å². The van der Waals surface area contributed by atoms with E-state index in [0.717, 1.165) is 11.1 Å². The molecule has 0 aromatic heterocycles. The molecule has 2 heteroatoms. The van der Waals surface area contributed by atoms with Crippen LogP contribution in [-0.2, 0) is 9.53 Å². The second-order valence-electron chi connectivity index (χ2n) is 2.86. The number of hydrogen-bond donors (Lipinski definition) is 0. The fraction of sp³-hybridized carbons (Fsp3) is 0.167. The first-order valence-electron chi connectivity index (χ1n) is 4.34. The average Bonchev–Trinajstić information content (AvgIpc) is 2.18. The number of esters is 1. The van der Waals surface area contributed by atoms with Gasteiger partial charge in [-0.25, -0.2) is 0 Å². The Morgan fingerprint density at radius 1 is 1.29 bits per heavy atom. The van der Waals surface area contributed by atoms with Crippen molar-refractivity contribution in [1.82, 2.24) is 0 Å². The molecular formula is C12H12O2. The lowest BCUT2D eigenvalue weighted by Crippen LogP contribution is -1.88. The number of carbonyl (C=O) groups excluding carboxylic acids is 1.